The quantitative estimate of drug-likeness (QED) is 0.765. The van der Waals surface area contributed by atoms with Gasteiger partial charge in [0.1, 0.15) is 0 Å². The lowest BCUT2D eigenvalue weighted by Crippen LogP contribution is -2.30. The molecule has 2 rings (SSSR count). The Bertz CT molecular complexity index is 616. The summed E-state index contributed by atoms with van der Waals surface area (Å²) in [6.07, 6.45) is 2.39. The van der Waals surface area contributed by atoms with Crippen molar-refractivity contribution in [1.82, 2.24) is 10.3 Å². The van der Waals surface area contributed by atoms with E-state index in [0.29, 0.717) is 6.54 Å². The van der Waals surface area contributed by atoms with Crippen molar-refractivity contribution in [3.63, 3.8) is 0 Å². The Morgan fingerprint density at radius 1 is 1.38 bits per heavy atom. The standard InChI is InChI=1S/C17H24N2O2/c1-11(2)16(20)9-17(21)18-7-6-13-10-19-15-8-12(3)4-5-14(13)15/h4-5,8,10-11,16,19-20H,6-7,9H2,1-3H3,(H,18,21). The maximum Gasteiger partial charge on any atom is 0.222 e. The number of aliphatic hydroxyl groups excluding tert-OH is 1. The van der Waals surface area contributed by atoms with Crippen LogP contribution >= 0.6 is 0 Å². The molecule has 4 heteroatoms. The van der Waals surface area contributed by atoms with Crippen LogP contribution in [0.2, 0.25) is 0 Å². The Balaban J connectivity index is 1.86. The monoisotopic (exact) mass is 288 g/mol. The summed E-state index contributed by atoms with van der Waals surface area (Å²) in [6.45, 7) is 6.47. The van der Waals surface area contributed by atoms with E-state index in [2.05, 4.69) is 35.4 Å². The van der Waals surface area contributed by atoms with Crippen LogP contribution in [0, 0.1) is 12.8 Å². The first-order valence-electron chi connectivity index (χ1n) is 7.48. The second-order valence-corrected chi connectivity index (χ2v) is 5.98. The predicted octanol–water partition coefficient (Wildman–Crippen LogP) is 2.54. The van der Waals surface area contributed by atoms with Gasteiger partial charge in [0.2, 0.25) is 5.91 Å². The minimum absolute atomic E-state index is 0.0908. The zero-order valence-electron chi connectivity index (χ0n) is 12.9. The molecule has 1 atom stereocenters. The number of amides is 1. The van der Waals surface area contributed by atoms with Crippen molar-refractivity contribution in [1.29, 1.82) is 0 Å². The Morgan fingerprint density at radius 3 is 2.86 bits per heavy atom. The number of fused-ring (bicyclic) bond motifs is 1. The minimum atomic E-state index is -0.568. The van der Waals surface area contributed by atoms with Crippen LogP contribution in [0.5, 0.6) is 0 Å². The van der Waals surface area contributed by atoms with Crippen LogP contribution in [-0.2, 0) is 11.2 Å². The molecule has 1 aromatic heterocycles. The van der Waals surface area contributed by atoms with E-state index in [0.717, 1.165) is 11.9 Å². The number of carbonyl (C=O) groups is 1. The van der Waals surface area contributed by atoms with Gasteiger partial charge in [-0.25, -0.2) is 0 Å². The highest BCUT2D eigenvalue weighted by Gasteiger charge is 2.14. The van der Waals surface area contributed by atoms with E-state index >= 15 is 0 Å². The highest BCUT2D eigenvalue weighted by Crippen LogP contribution is 2.19. The zero-order chi connectivity index (χ0) is 15.4. The number of H-pyrrole nitrogens is 1. The normalized spacial score (nSPS) is 12.8. The van der Waals surface area contributed by atoms with Crippen molar-refractivity contribution in [2.75, 3.05) is 6.54 Å². The van der Waals surface area contributed by atoms with Crippen molar-refractivity contribution in [2.24, 2.45) is 5.92 Å². The van der Waals surface area contributed by atoms with Crippen molar-refractivity contribution in [2.45, 2.75) is 39.7 Å². The fourth-order valence-corrected chi connectivity index (χ4v) is 2.34. The molecule has 1 aromatic carbocycles. The highest BCUT2D eigenvalue weighted by molar-refractivity contribution is 5.84. The van der Waals surface area contributed by atoms with Crippen molar-refractivity contribution in [3.05, 3.63) is 35.5 Å². The van der Waals surface area contributed by atoms with E-state index in [-0.39, 0.29) is 18.2 Å². The van der Waals surface area contributed by atoms with E-state index in [1.54, 1.807) is 0 Å². The smallest absolute Gasteiger partial charge is 0.222 e. The molecule has 3 N–H and O–H groups in total. The van der Waals surface area contributed by atoms with Crippen LogP contribution in [0.1, 0.15) is 31.4 Å². The number of hydrogen-bond acceptors (Lipinski definition) is 2. The Hall–Kier alpha value is -1.81. The molecular formula is C17H24N2O2. The van der Waals surface area contributed by atoms with Gasteiger partial charge in [0, 0.05) is 23.6 Å². The van der Waals surface area contributed by atoms with Gasteiger partial charge in [-0.05, 0) is 36.5 Å². The first kappa shape index (κ1) is 15.6. The summed E-state index contributed by atoms with van der Waals surface area (Å²) in [5.41, 5.74) is 3.56. The lowest BCUT2D eigenvalue weighted by atomic mass is 10.0. The number of aryl methyl sites for hydroxylation is 1. The summed E-state index contributed by atoms with van der Waals surface area (Å²) >= 11 is 0. The van der Waals surface area contributed by atoms with Gasteiger partial charge < -0.3 is 15.4 Å². The van der Waals surface area contributed by atoms with E-state index in [9.17, 15) is 9.90 Å². The lowest BCUT2D eigenvalue weighted by Gasteiger charge is -2.13. The van der Waals surface area contributed by atoms with Crippen LogP contribution in [0.15, 0.2) is 24.4 Å². The molecule has 4 nitrogen and oxygen atoms in total. The number of benzene rings is 1. The van der Waals surface area contributed by atoms with Crippen LogP contribution in [0.4, 0.5) is 0 Å². The van der Waals surface area contributed by atoms with E-state index in [1.165, 1.54) is 16.5 Å². The molecule has 1 amide bonds. The number of nitrogens with one attached hydrogen (secondary N) is 2. The molecule has 0 fully saturated rings. The third kappa shape index (κ3) is 4.08. The number of aromatic nitrogens is 1. The predicted molar refractivity (Wildman–Crippen MR) is 85.2 cm³/mol. The highest BCUT2D eigenvalue weighted by atomic mass is 16.3. The van der Waals surface area contributed by atoms with E-state index < -0.39 is 6.10 Å². The van der Waals surface area contributed by atoms with Gasteiger partial charge in [-0.15, -0.1) is 0 Å². The number of rotatable bonds is 6. The average molecular weight is 288 g/mol. The van der Waals surface area contributed by atoms with Crippen LogP contribution in [-0.4, -0.2) is 28.6 Å². The molecule has 0 radical (unpaired) electrons. The molecule has 1 heterocycles. The Kier molecular flexibility index (Phi) is 5.02. The van der Waals surface area contributed by atoms with Crippen molar-refractivity contribution < 1.29 is 9.90 Å². The maximum atomic E-state index is 11.7. The molecule has 0 aliphatic rings. The van der Waals surface area contributed by atoms with Crippen LogP contribution < -0.4 is 5.32 Å². The molecule has 0 saturated carbocycles. The molecule has 1 unspecified atom stereocenters. The molecular weight excluding hydrogens is 264 g/mol. The average Bonchev–Trinajstić information content (AvgIpc) is 2.81. The second-order valence-electron chi connectivity index (χ2n) is 5.98. The molecule has 21 heavy (non-hydrogen) atoms. The molecule has 2 aromatic rings. The summed E-state index contributed by atoms with van der Waals surface area (Å²) in [5.74, 6) is 0.0134. The first-order chi connectivity index (χ1) is 9.97. The number of aromatic amines is 1. The first-order valence-corrected chi connectivity index (χ1v) is 7.48. The third-order valence-electron chi connectivity index (χ3n) is 3.80. The van der Waals surface area contributed by atoms with Gasteiger partial charge in [0.25, 0.3) is 0 Å². The van der Waals surface area contributed by atoms with Gasteiger partial charge >= 0.3 is 0 Å². The second kappa shape index (κ2) is 6.76. The van der Waals surface area contributed by atoms with Crippen LogP contribution in [0.3, 0.4) is 0 Å². The maximum absolute atomic E-state index is 11.7. The SMILES string of the molecule is Cc1ccc2c(CCNC(=O)CC(O)C(C)C)c[nH]c2c1. The van der Waals surface area contributed by atoms with Gasteiger partial charge in [-0.3, -0.25) is 4.79 Å². The molecule has 0 saturated heterocycles. The fraction of sp³-hybridized carbons (Fsp3) is 0.471. The van der Waals surface area contributed by atoms with Crippen LogP contribution in [0.25, 0.3) is 10.9 Å². The van der Waals surface area contributed by atoms with E-state index in [4.69, 9.17) is 0 Å². The zero-order valence-corrected chi connectivity index (χ0v) is 12.9. The fourth-order valence-electron chi connectivity index (χ4n) is 2.34. The summed E-state index contributed by atoms with van der Waals surface area (Å²) in [5, 5.41) is 13.8. The molecule has 0 spiro atoms. The number of hydrogen-bond donors (Lipinski definition) is 3. The van der Waals surface area contributed by atoms with E-state index in [1.807, 2.05) is 20.0 Å². The molecule has 0 aliphatic carbocycles. The van der Waals surface area contributed by atoms with Crippen molar-refractivity contribution >= 4 is 16.8 Å². The van der Waals surface area contributed by atoms with Gasteiger partial charge in [0.15, 0.2) is 0 Å². The van der Waals surface area contributed by atoms with Gasteiger partial charge in [0.05, 0.1) is 12.5 Å². The number of carbonyl (C=O) groups excluding carboxylic acids is 1. The van der Waals surface area contributed by atoms with Gasteiger partial charge in [-0.1, -0.05) is 26.0 Å². The van der Waals surface area contributed by atoms with Gasteiger partial charge in [-0.2, -0.15) is 0 Å². The summed E-state index contributed by atoms with van der Waals surface area (Å²) in [7, 11) is 0. The molecule has 0 bridgehead atoms. The topological polar surface area (TPSA) is 65.1 Å². The Labute approximate surface area is 125 Å². The summed E-state index contributed by atoms with van der Waals surface area (Å²) < 4.78 is 0. The van der Waals surface area contributed by atoms with Crippen molar-refractivity contribution in [3.8, 4) is 0 Å². The summed E-state index contributed by atoms with van der Waals surface area (Å²) in [6, 6.07) is 6.33. The largest absolute Gasteiger partial charge is 0.392 e. The molecule has 0 aliphatic heterocycles. The summed E-state index contributed by atoms with van der Waals surface area (Å²) in [4.78, 5) is 15.0. The number of aliphatic hydroxyl groups is 1. The minimum Gasteiger partial charge on any atom is -0.392 e. The molecule has 114 valence electrons. The lowest BCUT2D eigenvalue weighted by molar-refractivity contribution is -0.123. The Morgan fingerprint density at radius 2 is 2.14 bits per heavy atom. The third-order valence-corrected chi connectivity index (χ3v) is 3.80.